The van der Waals surface area contributed by atoms with Gasteiger partial charge >= 0.3 is 0 Å². The van der Waals surface area contributed by atoms with Crippen LogP contribution in [0.1, 0.15) is 25.0 Å². The van der Waals surface area contributed by atoms with Gasteiger partial charge in [-0.1, -0.05) is 178 Å². The van der Waals surface area contributed by atoms with Crippen LogP contribution in [0.2, 0.25) is 0 Å². The molecule has 66 heavy (non-hydrogen) atoms. The van der Waals surface area contributed by atoms with Crippen LogP contribution in [0.5, 0.6) is 0 Å². The van der Waals surface area contributed by atoms with Crippen molar-refractivity contribution in [1.82, 2.24) is 0 Å². The number of para-hydroxylation sites is 2. The SMILES string of the molecule is CC1(C)c2ccccc2-c2cc(-c3ccc(-c4ccc(N(c5ccc(-c6cccc7c6oc6ccccc67)cc5)c5ccc(-c6cccc7sc8ccccc8c67)cc5)cc4)cc3)ccc21. The van der Waals surface area contributed by atoms with Crippen molar-refractivity contribution in [3.63, 3.8) is 0 Å². The molecule has 2 heterocycles. The van der Waals surface area contributed by atoms with E-state index < -0.39 is 0 Å². The summed E-state index contributed by atoms with van der Waals surface area (Å²) in [5.41, 5.74) is 20.1. The van der Waals surface area contributed by atoms with Gasteiger partial charge in [-0.3, -0.25) is 0 Å². The van der Waals surface area contributed by atoms with Crippen LogP contribution in [0.15, 0.2) is 229 Å². The minimum Gasteiger partial charge on any atom is -0.455 e. The molecule has 0 N–H and O–H groups in total. The number of hydrogen-bond donors (Lipinski definition) is 0. The Morgan fingerprint density at radius 1 is 0.364 bits per heavy atom. The molecule has 0 fully saturated rings. The van der Waals surface area contributed by atoms with Crippen molar-refractivity contribution in [2.75, 3.05) is 4.90 Å². The van der Waals surface area contributed by atoms with Crippen molar-refractivity contribution in [1.29, 1.82) is 0 Å². The van der Waals surface area contributed by atoms with Crippen LogP contribution in [0.25, 0.3) is 97.7 Å². The van der Waals surface area contributed by atoms with Gasteiger partial charge in [0.1, 0.15) is 11.2 Å². The van der Waals surface area contributed by atoms with Crippen LogP contribution in [0.3, 0.4) is 0 Å². The zero-order valence-electron chi connectivity index (χ0n) is 36.6. The Balaban J connectivity index is 0.851. The number of anilines is 3. The smallest absolute Gasteiger partial charge is 0.143 e. The summed E-state index contributed by atoms with van der Waals surface area (Å²) in [6, 6.07) is 82.0. The summed E-state index contributed by atoms with van der Waals surface area (Å²) in [6.07, 6.45) is 0. The maximum absolute atomic E-state index is 6.45. The first-order valence-corrected chi connectivity index (χ1v) is 23.5. The van der Waals surface area contributed by atoms with E-state index >= 15 is 0 Å². The van der Waals surface area contributed by atoms with E-state index in [4.69, 9.17) is 4.42 Å². The second-order valence-electron chi connectivity index (χ2n) is 18.0. The third kappa shape index (κ3) is 6.15. The van der Waals surface area contributed by atoms with Crippen LogP contribution >= 0.6 is 11.3 Å². The highest BCUT2D eigenvalue weighted by Crippen LogP contribution is 2.50. The average Bonchev–Trinajstić information content (AvgIpc) is 4.02. The Bertz CT molecular complexity index is 3820. The summed E-state index contributed by atoms with van der Waals surface area (Å²) < 4.78 is 9.08. The molecule has 0 atom stereocenters. The Hall–Kier alpha value is -7.98. The van der Waals surface area contributed by atoms with Crippen molar-refractivity contribution < 1.29 is 4.42 Å². The van der Waals surface area contributed by atoms with Crippen molar-refractivity contribution in [3.05, 3.63) is 236 Å². The molecule has 10 aromatic carbocycles. The third-order valence-corrected chi connectivity index (χ3v) is 15.1. The number of thiophene rings is 1. The van der Waals surface area contributed by atoms with E-state index in [-0.39, 0.29) is 5.41 Å². The molecule has 0 spiro atoms. The van der Waals surface area contributed by atoms with E-state index in [1.807, 2.05) is 23.5 Å². The molecule has 1 aliphatic carbocycles. The van der Waals surface area contributed by atoms with Crippen molar-refractivity contribution in [3.8, 4) is 55.6 Å². The first kappa shape index (κ1) is 38.5. The molecular weight excluding hydrogens is 819 g/mol. The number of nitrogens with zero attached hydrogens (tertiary/aromatic N) is 1. The fraction of sp³-hybridized carbons (Fsp3) is 0.0476. The lowest BCUT2D eigenvalue weighted by molar-refractivity contribution is 0.660. The maximum Gasteiger partial charge on any atom is 0.143 e. The molecule has 2 nitrogen and oxygen atoms in total. The van der Waals surface area contributed by atoms with E-state index in [0.29, 0.717) is 0 Å². The molecule has 0 amide bonds. The maximum atomic E-state index is 6.45. The summed E-state index contributed by atoms with van der Waals surface area (Å²) in [7, 11) is 0. The Morgan fingerprint density at radius 2 is 0.848 bits per heavy atom. The van der Waals surface area contributed by atoms with E-state index in [2.05, 4.69) is 231 Å². The number of furan rings is 1. The van der Waals surface area contributed by atoms with Gasteiger partial charge in [0.15, 0.2) is 0 Å². The zero-order chi connectivity index (χ0) is 43.9. The minimum atomic E-state index is 0.00333. The van der Waals surface area contributed by atoms with E-state index in [9.17, 15) is 0 Å². The van der Waals surface area contributed by atoms with Gasteiger partial charge in [0.2, 0.25) is 0 Å². The standard InChI is InChI=1S/C63H43NOS/c1-63(2)56-17-6-3-11-51(56)55-39-45(31-38-57(55)63)42-23-21-40(22-24-42)41-25-32-46(33-26-41)64(47-34-27-43(28-35-47)49-14-10-20-60-61(49)54-13-5-8-19-59(54)66-60)48-36-29-44(30-37-48)50-15-9-16-53-52-12-4-7-18-58(52)65-62(50)53/h3-39H,1-2H3. The molecule has 0 bridgehead atoms. The molecule has 0 unspecified atom stereocenters. The van der Waals surface area contributed by atoms with Gasteiger partial charge in [0, 0.05) is 59.0 Å². The average molecular weight is 862 g/mol. The number of hydrogen-bond acceptors (Lipinski definition) is 3. The molecule has 0 radical (unpaired) electrons. The van der Waals surface area contributed by atoms with Gasteiger partial charge in [0.05, 0.1) is 0 Å². The van der Waals surface area contributed by atoms with E-state index in [0.717, 1.165) is 50.1 Å². The summed E-state index contributed by atoms with van der Waals surface area (Å²) in [5, 5.41) is 4.90. The van der Waals surface area contributed by atoms with Gasteiger partial charge < -0.3 is 9.32 Å². The number of fused-ring (bicyclic) bond motifs is 9. The Morgan fingerprint density at radius 3 is 1.58 bits per heavy atom. The minimum absolute atomic E-state index is 0.00333. The first-order chi connectivity index (χ1) is 32.5. The first-order valence-electron chi connectivity index (χ1n) is 22.7. The van der Waals surface area contributed by atoms with Gasteiger partial charge in [-0.2, -0.15) is 0 Å². The highest BCUT2D eigenvalue weighted by atomic mass is 32.1. The van der Waals surface area contributed by atoms with Crippen LogP contribution in [0, 0.1) is 0 Å². The van der Waals surface area contributed by atoms with Gasteiger partial charge in [-0.15, -0.1) is 11.3 Å². The molecule has 0 aliphatic heterocycles. The molecule has 1 aliphatic rings. The lowest BCUT2D eigenvalue weighted by atomic mass is 9.82. The monoisotopic (exact) mass is 861 g/mol. The molecule has 0 saturated carbocycles. The second-order valence-corrected chi connectivity index (χ2v) is 19.1. The van der Waals surface area contributed by atoms with Gasteiger partial charge in [0.25, 0.3) is 0 Å². The van der Waals surface area contributed by atoms with Crippen molar-refractivity contribution in [2.24, 2.45) is 0 Å². The van der Waals surface area contributed by atoms with Crippen LogP contribution in [-0.2, 0) is 5.41 Å². The predicted molar refractivity (Wildman–Crippen MR) is 281 cm³/mol. The topological polar surface area (TPSA) is 16.4 Å². The summed E-state index contributed by atoms with van der Waals surface area (Å²) in [6.45, 7) is 4.67. The van der Waals surface area contributed by atoms with Crippen molar-refractivity contribution in [2.45, 2.75) is 19.3 Å². The molecule has 2 aromatic heterocycles. The van der Waals surface area contributed by atoms with E-state index in [1.54, 1.807) is 0 Å². The molecule has 0 saturated heterocycles. The molecule has 3 heteroatoms. The molecule has 13 rings (SSSR count). The van der Waals surface area contributed by atoms with Crippen LogP contribution < -0.4 is 4.90 Å². The van der Waals surface area contributed by atoms with Crippen molar-refractivity contribution >= 4 is 70.5 Å². The highest BCUT2D eigenvalue weighted by Gasteiger charge is 2.35. The third-order valence-electron chi connectivity index (χ3n) is 13.9. The van der Waals surface area contributed by atoms with Crippen LogP contribution in [-0.4, -0.2) is 0 Å². The zero-order valence-corrected chi connectivity index (χ0v) is 37.4. The highest BCUT2D eigenvalue weighted by molar-refractivity contribution is 7.25. The second kappa shape index (κ2) is 15.1. The summed E-state index contributed by atoms with van der Waals surface area (Å²) in [4.78, 5) is 2.36. The fourth-order valence-electron chi connectivity index (χ4n) is 10.6. The van der Waals surface area contributed by atoms with E-state index in [1.165, 1.54) is 75.8 Å². The lowest BCUT2D eigenvalue weighted by Gasteiger charge is -2.26. The quantitative estimate of drug-likeness (QED) is 0.159. The van der Waals surface area contributed by atoms with Crippen LogP contribution in [0.4, 0.5) is 17.1 Å². The summed E-state index contributed by atoms with van der Waals surface area (Å²) >= 11 is 1.86. The number of rotatable bonds is 7. The largest absolute Gasteiger partial charge is 0.455 e. The number of benzene rings is 10. The lowest BCUT2D eigenvalue weighted by Crippen LogP contribution is -2.14. The molecule has 12 aromatic rings. The summed E-state index contributed by atoms with van der Waals surface area (Å²) in [5.74, 6) is 0. The fourth-order valence-corrected chi connectivity index (χ4v) is 11.7. The van der Waals surface area contributed by atoms with Gasteiger partial charge in [-0.05, 0) is 122 Å². The normalized spacial score (nSPS) is 12.8. The Kier molecular flexibility index (Phi) is 8.78. The predicted octanol–water partition coefficient (Wildman–Crippen LogP) is 18.4. The molecule has 312 valence electrons. The Labute approximate surface area is 388 Å². The van der Waals surface area contributed by atoms with Gasteiger partial charge in [-0.25, -0.2) is 0 Å². The molecular formula is C63H43NOS.